The molecule has 3 aromatic rings. The van der Waals surface area contributed by atoms with Gasteiger partial charge in [-0.3, -0.25) is 0 Å². The van der Waals surface area contributed by atoms with Crippen LogP contribution in [0.5, 0.6) is 0 Å². The monoisotopic (exact) mass is 305 g/mol. The van der Waals surface area contributed by atoms with E-state index in [1.165, 1.54) is 24.1 Å². The average Bonchev–Trinajstić information content (AvgIpc) is 3.28. The molecule has 0 aliphatic carbocycles. The Morgan fingerprint density at radius 3 is 2.30 bits per heavy atom. The van der Waals surface area contributed by atoms with Gasteiger partial charge in [0.15, 0.2) is 0 Å². The lowest BCUT2D eigenvalue weighted by atomic mass is 10.1. The molecule has 0 bridgehead atoms. The van der Waals surface area contributed by atoms with Crippen molar-refractivity contribution in [2.45, 2.75) is 19.8 Å². The fourth-order valence-electron chi connectivity index (χ4n) is 2.96. The van der Waals surface area contributed by atoms with Crippen molar-refractivity contribution >= 4 is 5.69 Å². The van der Waals surface area contributed by atoms with E-state index in [0.717, 1.165) is 24.2 Å². The highest BCUT2D eigenvalue weighted by Crippen LogP contribution is 2.28. The van der Waals surface area contributed by atoms with Gasteiger partial charge in [0.25, 0.3) is 0 Å². The van der Waals surface area contributed by atoms with Crippen LogP contribution in [-0.2, 0) is 0 Å². The highest BCUT2D eigenvalue weighted by Gasteiger charge is 2.15. The standard InChI is InChI=1S/C19H19N3O/c1-14-7-9-15(10-8-14)18-20-21-19(23-18)16-5-4-6-17(13-16)22-11-2-3-12-22/h4-10,13H,2-3,11-12H2,1H3. The van der Waals surface area contributed by atoms with Crippen LogP contribution in [0.2, 0.25) is 0 Å². The summed E-state index contributed by atoms with van der Waals surface area (Å²) in [4.78, 5) is 2.40. The molecule has 1 saturated heterocycles. The highest BCUT2D eigenvalue weighted by atomic mass is 16.4. The maximum atomic E-state index is 5.87. The van der Waals surface area contributed by atoms with Gasteiger partial charge < -0.3 is 9.32 Å². The fourth-order valence-corrected chi connectivity index (χ4v) is 2.96. The summed E-state index contributed by atoms with van der Waals surface area (Å²) in [6, 6.07) is 16.5. The Hall–Kier alpha value is -2.62. The molecule has 4 heteroatoms. The summed E-state index contributed by atoms with van der Waals surface area (Å²) < 4.78 is 5.87. The number of aryl methyl sites for hydroxylation is 1. The normalized spacial score (nSPS) is 14.4. The summed E-state index contributed by atoms with van der Waals surface area (Å²) in [6.45, 7) is 4.32. The van der Waals surface area contributed by atoms with Gasteiger partial charge in [0.2, 0.25) is 11.8 Å². The largest absolute Gasteiger partial charge is 0.416 e. The van der Waals surface area contributed by atoms with Crippen molar-refractivity contribution < 1.29 is 4.42 Å². The Balaban J connectivity index is 1.63. The van der Waals surface area contributed by atoms with E-state index in [2.05, 4.69) is 40.2 Å². The molecule has 0 spiro atoms. The molecule has 0 N–H and O–H groups in total. The summed E-state index contributed by atoms with van der Waals surface area (Å²) in [5.41, 5.74) is 4.37. The summed E-state index contributed by atoms with van der Waals surface area (Å²) in [5.74, 6) is 1.13. The highest BCUT2D eigenvalue weighted by molar-refractivity contribution is 5.63. The molecular formula is C19H19N3O. The number of aromatic nitrogens is 2. The number of anilines is 1. The van der Waals surface area contributed by atoms with Crippen molar-refractivity contribution in [2.75, 3.05) is 18.0 Å². The second kappa shape index (κ2) is 5.88. The third-order valence-electron chi connectivity index (χ3n) is 4.29. The molecule has 0 atom stereocenters. The molecule has 23 heavy (non-hydrogen) atoms. The zero-order valence-electron chi connectivity index (χ0n) is 13.2. The van der Waals surface area contributed by atoms with E-state index in [9.17, 15) is 0 Å². The van der Waals surface area contributed by atoms with Crippen LogP contribution >= 0.6 is 0 Å². The zero-order valence-corrected chi connectivity index (χ0v) is 13.2. The predicted molar refractivity (Wildman–Crippen MR) is 91.4 cm³/mol. The zero-order chi connectivity index (χ0) is 15.6. The molecule has 2 heterocycles. The van der Waals surface area contributed by atoms with Gasteiger partial charge in [0.05, 0.1) is 0 Å². The first kappa shape index (κ1) is 14.0. The van der Waals surface area contributed by atoms with E-state index in [1.807, 2.05) is 30.3 Å². The van der Waals surface area contributed by atoms with Gasteiger partial charge in [0, 0.05) is 29.9 Å². The Morgan fingerprint density at radius 1 is 0.870 bits per heavy atom. The second-order valence-corrected chi connectivity index (χ2v) is 6.02. The molecule has 1 aliphatic heterocycles. The molecule has 0 amide bonds. The van der Waals surface area contributed by atoms with E-state index < -0.39 is 0 Å². The van der Waals surface area contributed by atoms with Gasteiger partial charge in [-0.1, -0.05) is 23.8 Å². The lowest BCUT2D eigenvalue weighted by molar-refractivity contribution is 0.584. The predicted octanol–water partition coefficient (Wildman–Crippen LogP) is 4.31. The summed E-state index contributed by atoms with van der Waals surface area (Å²) in [7, 11) is 0. The van der Waals surface area contributed by atoms with Gasteiger partial charge in [-0.05, 0) is 50.1 Å². The first-order valence-corrected chi connectivity index (χ1v) is 8.05. The topological polar surface area (TPSA) is 42.2 Å². The molecule has 1 aliphatic rings. The van der Waals surface area contributed by atoms with Crippen LogP contribution in [0, 0.1) is 6.92 Å². The number of rotatable bonds is 3. The van der Waals surface area contributed by atoms with Gasteiger partial charge in [0.1, 0.15) is 0 Å². The minimum atomic E-state index is 0.562. The molecular weight excluding hydrogens is 286 g/mol. The molecule has 116 valence electrons. The van der Waals surface area contributed by atoms with Crippen molar-refractivity contribution in [1.29, 1.82) is 0 Å². The van der Waals surface area contributed by atoms with Gasteiger partial charge in [-0.2, -0.15) is 0 Å². The number of hydrogen-bond donors (Lipinski definition) is 0. The Morgan fingerprint density at radius 2 is 1.57 bits per heavy atom. The molecule has 4 rings (SSSR count). The van der Waals surface area contributed by atoms with Crippen LogP contribution in [0.25, 0.3) is 22.9 Å². The molecule has 0 radical (unpaired) electrons. The van der Waals surface area contributed by atoms with Gasteiger partial charge >= 0.3 is 0 Å². The molecule has 2 aromatic carbocycles. The van der Waals surface area contributed by atoms with E-state index in [4.69, 9.17) is 4.42 Å². The second-order valence-electron chi connectivity index (χ2n) is 6.02. The van der Waals surface area contributed by atoms with Gasteiger partial charge in [-0.25, -0.2) is 0 Å². The van der Waals surface area contributed by atoms with E-state index in [1.54, 1.807) is 0 Å². The Bertz CT molecular complexity index is 801. The first-order chi connectivity index (χ1) is 11.3. The van der Waals surface area contributed by atoms with Crippen molar-refractivity contribution in [3.63, 3.8) is 0 Å². The lowest BCUT2D eigenvalue weighted by Crippen LogP contribution is -2.17. The first-order valence-electron chi connectivity index (χ1n) is 8.05. The minimum Gasteiger partial charge on any atom is -0.416 e. The summed E-state index contributed by atoms with van der Waals surface area (Å²) in [5, 5.41) is 8.41. The third-order valence-corrected chi connectivity index (χ3v) is 4.29. The van der Waals surface area contributed by atoms with Crippen LogP contribution in [0.3, 0.4) is 0 Å². The smallest absolute Gasteiger partial charge is 0.248 e. The van der Waals surface area contributed by atoms with Crippen LogP contribution in [0.4, 0.5) is 5.69 Å². The minimum absolute atomic E-state index is 0.562. The van der Waals surface area contributed by atoms with E-state index >= 15 is 0 Å². The number of hydrogen-bond acceptors (Lipinski definition) is 4. The quantitative estimate of drug-likeness (QED) is 0.723. The van der Waals surface area contributed by atoms with Crippen molar-refractivity contribution in [3.05, 3.63) is 54.1 Å². The van der Waals surface area contributed by atoms with Crippen LogP contribution in [0.15, 0.2) is 52.9 Å². The van der Waals surface area contributed by atoms with Gasteiger partial charge in [-0.15, -0.1) is 10.2 Å². The lowest BCUT2D eigenvalue weighted by Gasteiger charge is -2.17. The molecule has 4 nitrogen and oxygen atoms in total. The number of nitrogens with zero attached hydrogens (tertiary/aromatic N) is 3. The van der Waals surface area contributed by atoms with Crippen LogP contribution < -0.4 is 4.90 Å². The van der Waals surface area contributed by atoms with Crippen molar-refractivity contribution in [1.82, 2.24) is 10.2 Å². The average molecular weight is 305 g/mol. The summed E-state index contributed by atoms with van der Waals surface area (Å²) >= 11 is 0. The molecule has 1 aromatic heterocycles. The molecule has 0 saturated carbocycles. The van der Waals surface area contributed by atoms with E-state index in [0.29, 0.717) is 11.8 Å². The fraction of sp³-hybridized carbons (Fsp3) is 0.263. The molecule has 0 unspecified atom stereocenters. The van der Waals surface area contributed by atoms with Crippen LogP contribution in [-0.4, -0.2) is 23.3 Å². The SMILES string of the molecule is Cc1ccc(-c2nnc(-c3cccc(N4CCCC4)c3)o2)cc1. The van der Waals surface area contributed by atoms with E-state index in [-0.39, 0.29) is 0 Å². The van der Waals surface area contributed by atoms with Crippen LogP contribution in [0.1, 0.15) is 18.4 Å². The van der Waals surface area contributed by atoms with Crippen molar-refractivity contribution in [3.8, 4) is 22.9 Å². The van der Waals surface area contributed by atoms with Crippen molar-refractivity contribution in [2.24, 2.45) is 0 Å². The molecule has 1 fully saturated rings. The third kappa shape index (κ3) is 2.84. The maximum absolute atomic E-state index is 5.87. The number of benzene rings is 2. The Labute approximate surface area is 135 Å². The Kier molecular flexibility index (Phi) is 3.58. The summed E-state index contributed by atoms with van der Waals surface area (Å²) in [6.07, 6.45) is 2.53. The maximum Gasteiger partial charge on any atom is 0.248 e.